The van der Waals surface area contributed by atoms with Gasteiger partial charge in [-0.15, -0.1) is 11.3 Å². The second-order valence-corrected chi connectivity index (χ2v) is 4.11. The lowest BCUT2D eigenvalue weighted by atomic mass is 10.3. The average molecular weight is 239 g/mol. The summed E-state index contributed by atoms with van der Waals surface area (Å²) in [5, 5.41) is 12.9. The standard InChI is InChI=1S/C11H13NO3S/c1-2-5-12-11(15)8-6-9(16-7-8)3-4-10(13)14/h3-4,6-7H,2,5H2,1H3,(H,12,15)(H,13,14). The van der Waals surface area contributed by atoms with Gasteiger partial charge in [0.1, 0.15) is 0 Å². The first kappa shape index (κ1) is 12.4. The van der Waals surface area contributed by atoms with Crippen LogP contribution in [0.25, 0.3) is 6.08 Å². The van der Waals surface area contributed by atoms with Crippen LogP contribution in [0.3, 0.4) is 0 Å². The van der Waals surface area contributed by atoms with E-state index in [2.05, 4.69) is 5.32 Å². The Labute approximate surface area is 97.6 Å². The number of aliphatic carboxylic acids is 1. The van der Waals surface area contributed by atoms with E-state index in [1.54, 1.807) is 11.4 Å². The summed E-state index contributed by atoms with van der Waals surface area (Å²) in [5.41, 5.74) is 0.573. The van der Waals surface area contributed by atoms with E-state index >= 15 is 0 Å². The molecule has 0 fully saturated rings. The zero-order valence-corrected chi connectivity index (χ0v) is 9.71. The SMILES string of the molecule is CCCNC(=O)c1csc(C=CC(=O)O)c1. The Hall–Kier alpha value is -1.62. The van der Waals surface area contributed by atoms with Crippen molar-refractivity contribution in [1.82, 2.24) is 5.32 Å². The number of hydrogen-bond donors (Lipinski definition) is 2. The number of carbonyl (C=O) groups is 2. The van der Waals surface area contributed by atoms with E-state index in [9.17, 15) is 9.59 Å². The molecule has 2 N–H and O–H groups in total. The van der Waals surface area contributed by atoms with Crippen LogP contribution >= 0.6 is 11.3 Å². The van der Waals surface area contributed by atoms with Gasteiger partial charge in [-0.1, -0.05) is 6.92 Å². The van der Waals surface area contributed by atoms with Crippen molar-refractivity contribution in [1.29, 1.82) is 0 Å². The minimum Gasteiger partial charge on any atom is -0.478 e. The lowest BCUT2D eigenvalue weighted by Crippen LogP contribution is -2.23. The molecule has 1 aromatic rings. The third kappa shape index (κ3) is 3.86. The fourth-order valence-electron chi connectivity index (χ4n) is 1.05. The largest absolute Gasteiger partial charge is 0.478 e. The zero-order valence-electron chi connectivity index (χ0n) is 8.90. The zero-order chi connectivity index (χ0) is 12.0. The second kappa shape index (κ2) is 6.07. The summed E-state index contributed by atoms with van der Waals surface area (Å²) in [7, 11) is 0. The molecular formula is C11H13NO3S. The first-order valence-corrected chi connectivity index (χ1v) is 5.79. The van der Waals surface area contributed by atoms with Crippen LogP contribution in [-0.4, -0.2) is 23.5 Å². The maximum absolute atomic E-state index is 11.5. The summed E-state index contributed by atoms with van der Waals surface area (Å²) in [6.45, 7) is 2.63. The van der Waals surface area contributed by atoms with Crippen LogP contribution in [-0.2, 0) is 4.79 Å². The minimum absolute atomic E-state index is 0.118. The molecule has 0 atom stereocenters. The molecule has 16 heavy (non-hydrogen) atoms. The Balaban J connectivity index is 2.64. The second-order valence-electron chi connectivity index (χ2n) is 3.17. The van der Waals surface area contributed by atoms with Crippen LogP contribution in [0.1, 0.15) is 28.6 Å². The quantitative estimate of drug-likeness (QED) is 0.772. The Morgan fingerprint density at radius 1 is 1.56 bits per heavy atom. The molecule has 0 aliphatic carbocycles. The molecule has 0 unspecified atom stereocenters. The van der Waals surface area contributed by atoms with Crippen LogP contribution in [0.2, 0.25) is 0 Å². The van der Waals surface area contributed by atoms with Crippen LogP contribution in [0.4, 0.5) is 0 Å². The summed E-state index contributed by atoms with van der Waals surface area (Å²) in [6.07, 6.45) is 3.42. The molecule has 0 bridgehead atoms. The monoisotopic (exact) mass is 239 g/mol. The van der Waals surface area contributed by atoms with Crippen molar-refractivity contribution in [3.63, 3.8) is 0 Å². The van der Waals surface area contributed by atoms with Crippen LogP contribution in [0.5, 0.6) is 0 Å². The molecule has 86 valence electrons. The molecule has 0 aliphatic rings. The highest BCUT2D eigenvalue weighted by Crippen LogP contribution is 2.16. The van der Waals surface area contributed by atoms with E-state index in [4.69, 9.17) is 5.11 Å². The highest BCUT2D eigenvalue weighted by molar-refractivity contribution is 7.11. The van der Waals surface area contributed by atoms with Crippen molar-refractivity contribution >= 4 is 29.3 Å². The number of rotatable bonds is 5. The van der Waals surface area contributed by atoms with Crippen LogP contribution in [0.15, 0.2) is 17.5 Å². The Kier molecular flexibility index (Phi) is 4.72. The summed E-state index contributed by atoms with van der Waals surface area (Å²) >= 11 is 1.34. The van der Waals surface area contributed by atoms with Crippen LogP contribution < -0.4 is 5.32 Å². The van der Waals surface area contributed by atoms with E-state index in [0.29, 0.717) is 12.1 Å². The summed E-state index contributed by atoms with van der Waals surface area (Å²) in [5.74, 6) is -1.11. The van der Waals surface area contributed by atoms with Gasteiger partial charge in [0.05, 0.1) is 5.56 Å². The molecular weight excluding hydrogens is 226 g/mol. The lowest BCUT2D eigenvalue weighted by molar-refractivity contribution is -0.131. The predicted octanol–water partition coefficient (Wildman–Crippen LogP) is 1.99. The number of carbonyl (C=O) groups excluding carboxylic acids is 1. The molecule has 0 aromatic carbocycles. The summed E-state index contributed by atoms with van der Waals surface area (Å²) < 4.78 is 0. The molecule has 0 aliphatic heterocycles. The van der Waals surface area contributed by atoms with Crippen molar-refractivity contribution in [3.8, 4) is 0 Å². The summed E-state index contributed by atoms with van der Waals surface area (Å²) in [6, 6.07) is 1.68. The van der Waals surface area contributed by atoms with Gasteiger partial charge in [0.25, 0.3) is 5.91 Å². The molecule has 5 heteroatoms. The molecule has 0 saturated heterocycles. The first-order chi connectivity index (χ1) is 7.63. The van der Waals surface area contributed by atoms with E-state index in [1.807, 2.05) is 6.92 Å². The van der Waals surface area contributed by atoms with Gasteiger partial charge in [-0.3, -0.25) is 4.79 Å². The maximum Gasteiger partial charge on any atom is 0.328 e. The van der Waals surface area contributed by atoms with Crippen molar-refractivity contribution < 1.29 is 14.7 Å². The van der Waals surface area contributed by atoms with Gasteiger partial charge in [-0.05, 0) is 18.6 Å². The third-order valence-corrected chi connectivity index (χ3v) is 2.71. The first-order valence-electron chi connectivity index (χ1n) is 4.91. The molecule has 0 spiro atoms. The van der Waals surface area contributed by atoms with E-state index < -0.39 is 5.97 Å². The highest BCUT2D eigenvalue weighted by Gasteiger charge is 2.06. The van der Waals surface area contributed by atoms with Gasteiger partial charge in [-0.2, -0.15) is 0 Å². The molecule has 0 saturated carbocycles. The van der Waals surface area contributed by atoms with Crippen molar-refractivity contribution in [3.05, 3.63) is 28.0 Å². The van der Waals surface area contributed by atoms with Gasteiger partial charge >= 0.3 is 5.97 Å². The predicted molar refractivity (Wildman–Crippen MR) is 63.6 cm³/mol. The van der Waals surface area contributed by atoms with E-state index in [1.165, 1.54) is 17.4 Å². The molecule has 1 aromatic heterocycles. The van der Waals surface area contributed by atoms with Crippen molar-refractivity contribution in [2.24, 2.45) is 0 Å². The number of thiophene rings is 1. The van der Waals surface area contributed by atoms with Gasteiger partial charge in [-0.25, -0.2) is 4.79 Å². The van der Waals surface area contributed by atoms with Gasteiger partial charge in [0, 0.05) is 22.9 Å². The van der Waals surface area contributed by atoms with Gasteiger partial charge < -0.3 is 10.4 Å². The molecule has 1 amide bonds. The number of carboxylic acid groups (broad SMARTS) is 1. The topological polar surface area (TPSA) is 66.4 Å². The average Bonchev–Trinajstić information content (AvgIpc) is 2.71. The third-order valence-electron chi connectivity index (χ3n) is 1.81. The smallest absolute Gasteiger partial charge is 0.328 e. The molecule has 0 radical (unpaired) electrons. The van der Waals surface area contributed by atoms with Gasteiger partial charge in [0.2, 0.25) is 0 Å². The normalized spacial score (nSPS) is 10.6. The number of nitrogens with one attached hydrogen (secondary N) is 1. The van der Waals surface area contributed by atoms with Gasteiger partial charge in [0.15, 0.2) is 0 Å². The van der Waals surface area contributed by atoms with Crippen molar-refractivity contribution in [2.75, 3.05) is 6.54 Å². The van der Waals surface area contributed by atoms with E-state index in [0.717, 1.165) is 17.4 Å². The highest BCUT2D eigenvalue weighted by atomic mass is 32.1. The Bertz CT molecular complexity index is 409. The van der Waals surface area contributed by atoms with Crippen molar-refractivity contribution in [2.45, 2.75) is 13.3 Å². The lowest BCUT2D eigenvalue weighted by Gasteiger charge is -1.99. The minimum atomic E-state index is -0.995. The summed E-state index contributed by atoms with van der Waals surface area (Å²) in [4.78, 5) is 22.6. The fraction of sp³-hybridized carbons (Fsp3) is 0.273. The number of amides is 1. The number of hydrogen-bond acceptors (Lipinski definition) is 3. The molecule has 1 heterocycles. The Morgan fingerprint density at radius 2 is 2.31 bits per heavy atom. The van der Waals surface area contributed by atoms with Crippen LogP contribution in [0, 0.1) is 0 Å². The maximum atomic E-state index is 11.5. The fourth-order valence-corrected chi connectivity index (χ4v) is 1.83. The van der Waals surface area contributed by atoms with E-state index in [-0.39, 0.29) is 5.91 Å². The molecule has 1 rings (SSSR count). The molecule has 4 nitrogen and oxygen atoms in total. The number of carboxylic acids is 1. The Morgan fingerprint density at radius 3 is 2.94 bits per heavy atom.